The molecule has 2 aromatic rings. The van der Waals surface area contributed by atoms with Gasteiger partial charge in [0.2, 0.25) is 5.91 Å². The summed E-state index contributed by atoms with van der Waals surface area (Å²) in [7, 11) is 0. The van der Waals surface area contributed by atoms with E-state index in [1.54, 1.807) is 13.1 Å². The van der Waals surface area contributed by atoms with Crippen LogP contribution in [-0.4, -0.2) is 49.9 Å². The standard InChI is InChI=1S/C18H21N5OS/c1-12(24)23-8-5-14-16(10-23)21-18(15-4-2-3-7-19-15)22-17(14)20-13-6-9-25-11-13/h2-4,7,13H,5-6,8-11H2,1H3,(H,20,21,22). The van der Waals surface area contributed by atoms with Crippen molar-refractivity contribution in [3.05, 3.63) is 35.7 Å². The van der Waals surface area contributed by atoms with Crippen LogP contribution in [0.5, 0.6) is 0 Å². The van der Waals surface area contributed by atoms with Gasteiger partial charge < -0.3 is 10.2 Å². The first-order valence-corrected chi connectivity index (χ1v) is 9.77. The fourth-order valence-corrected chi connectivity index (χ4v) is 4.42. The van der Waals surface area contributed by atoms with Crippen molar-refractivity contribution in [1.82, 2.24) is 19.9 Å². The van der Waals surface area contributed by atoms with E-state index in [1.165, 1.54) is 5.75 Å². The largest absolute Gasteiger partial charge is 0.366 e. The normalized spacial score (nSPS) is 19.6. The van der Waals surface area contributed by atoms with Crippen LogP contribution in [0.1, 0.15) is 24.6 Å². The van der Waals surface area contributed by atoms with Crippen molar-refractivity contribution in [2.75, 3.05) is 23.4 Å². The summed E-state index contributed by atoms with van der Waals surface area (Å²) in [5.74, 6) is 3.93. The molecule has 4 rings (SSSR count). The Morgan fingerprint density at radius 1 is 1.36 bits per heavy atom. The zero-order valence-corrected chi connectivity index (χ0v) is 15.1. The molecule has 1 N–H and O–H groups in total. The third-order valence-electron chi connectivity index (χ3n) is 4.67. The average molecular weight is 355 g/mol. The maximum Gasteiger partial charge on any atom is 0.219 e. The lowest BCUT2D eigenvalue weighted by atomic mass is 10.0. The quantitative estimate of drug-likeness (QED) is 0.911. The molecule has 7 heteroatoms. The van der Waals surface area contributed by atoms with Crippen molar-refractivity contribution in [3.8, 4) is 11.5 Å². The van der Waals surface area contributed by atoms with Crippen molar-refractivity contribution in [3.63, 3.8) is 0 Å². The van der Waals surface area contributed by atoms with Crippen LogP contribution < -0.4 is 5.32 Å². The number of nitrogens with one attached hydrogen (secondary N) is 1. The smallest absolute Gasteiger partial charge is 0.219 e. The number of rotatable bonds is 3. The van der Waals surface area contributed by atoms with Gasteiger partial charge in [-0.3, -0.25) is 9.78 Å². The number of hydrogen-bond donors (Lipinski definition) is 1. The molecule has 4 heterocycles. The number of anilines is 1. The van der Waals surface area contributed by atoms with Crippen LogP contribution in [-0.2, 0) is 17.8 Å². The van der Waals surface area contributed by atoms with Gasteiger partial charge in [0.1, 0.15) is 11.5 Å². The third kappa shape index (κ3) is 3.46. The summed E-state index contributed by atoms with van der Waals surface area (Å²) in [6, 6.07) is 6.19. The van der Waals surface area contributed by atoms with Gasteiger partial charge in [-0.2, -0.15) is 11.8 Å². The minimum Gasteiger partial charge on any atom is -0.366 e. The molecule has 2 aliphatic rings. The first kappa shape index (κ1) is 16.3. The molecule has 25 heavy (non-hydrogen) atoms. The van der Waals surface area contributed by atoms with E-state index in [1.807, 2.05) is 34.9 Å². The Labute approximate surface area is 151 Å². The van der Waals surface area contributed by atoms with Crippen molar-refractivity contribution >= 4 is 23.5 Å². The molecule has 6 nitrogen and oxygen atoms in total. The summed E-state index contributed by atoms with van der Waals surface area (Å²) in [6.45, 7) is 2.88. The highest BCUT2D eigenvalue weighted by molar-refractivity contribution is 7.99. The van der Waals surface area contributed by atoms with Gasteiger partial charge in [0.05, 0.1) is 12.2 Å². The Balaban J connectivity index is 1.73. The van der Waals surface area contributed by atoms with Gasteiger partial charge in [0.15, 0.2) is 5.82 Å². The third-order valence-corrected chi connectivity index (χ3v) is 5.84. The predicted octanol–water partition coefficient (Wildman–Crippen LogP) is 2.36. The summed E-state index contributed by atoms with van der Waals surface area (Å²) in [4.78, 5) is 27.5. The number of fused-ring (bicyclic) bond motifs is 1. The van der Waals surface area contributed by atoms with Crippen LogP contribution in [0.25, 0.3) is 11.5 Å². The van der Waals surface area contributed by atoms with E-state index in [0.29, 0.717) is 18.4 Å². The molecule has 2 aliphatic heterocycles. The SMILES string of the molecule is CC(=O)N1CCc2c(nc(-c3ccccn3)nc2NC2CCSC2)C1. The molecule has 0 bridgehead atoms. The lowest BCUT2D eigenvalue weighted by Crippen LogP contribution is -2.36. The molecule has 1 atom stereocenters. The molecule has 0 aromatic carbocycles. The van der Waals surface area contributed by atoms with Crippen LogP contribution >= 0.6 is 11.8 Å². The van der Waals surface area contributed by atoms with Gasteiger partial charge in [0.25, 0.3) is 0 Å². The molecule has 0 radical (unpaired) electrons. The van der Waals surface area contributed by atoms with E-state index in [-0.39, 0.29) is 5.91 Å². The van der Waals surface area contributed by atoms with Crippen LogP contribution in [0.3, 0.4) is 0 Å². The fourth-order valence-electron chi connectivity index (χ4n) is 3.27. The van der Waals surface area contributed by atoms with Gasteiger partial charge in [-0.05, 0) is 30.7 Å². The zero-order chi connectivity index (χ0) is 17.2. The molecule has 1 saturated heterocycles. The minimum atomic E-state index is 0.0883. The first-order chi connectivity index (χ1) is 12.2. The van der Waals surface area contributed by atoms with Crippen molar-refractivity contribution in [2.45, 2.75) is 32.4 Å². The molecular weight excluding hydrogens is 334 g/mol. The first-order valence-electron chi connectivity index (χ1n) is 8.61. The second-order valence-electron chi connectivity index (χ2n) is 6.43. The molecule has 1 fully saturated rings. The lowest BCUT2D eigenvalue weighted by molar-refractivity contribution is -0.129. The van der Waals surface area contributed by atoms with Gasteiger partial charge in [-0.25, -0.2) is 9.97 Å². The molecular formula is C18H21N5OS. The predicted molar refractivity (Wildman–Crippen MR) is 99.4 cm³/mol. The number of pyridine rings is 1. The summed E-state index contributed by atoms with van der Waals surface area (Å²) in [5.41, 5.74) is 2.84. The van der Waals surface area contributed by atoms with E-state index in [0.717, 1.165) is 47.9 Å². The Kier molecular flexibility index (Phi) is 4.57. The lowest BCUT2D eigenvalue weighted by Gasteiger charge is -2.29. The number of amides is 1. The molecule has 2 aromatic heterocycles. The molecule has 0 spiro atoms. The van der Waals surface area contributed by atoms with Crippen LogP contribution in [0.15, 0.2) is 24.4 Å². The van der Waals surface area contributed by atoms with E-state index in [4.69, 9.17) is 9.97 Å². The summed E-state index contributed by atoms with van der Waals surface area (Å²) in [5, 5.41) is 3.62. The van der Waals surface area contributed by atoms with Gasteiger partial charge in [-0.1, -0.05) is 6.07 Å². The molecule has 1 unspecified atom stereocenters. The number of hydrogen-bond acceptors (Lipinski definition) is 6. The van der Waals surface area contributed by atoms with Crippen LogP contribution in [0, 0.1) is 0 Å². The zero-order valence-electron chi connectivity index (χ0n) is 14.2. The number of nitrogens with zero attached hydrogens (tertiary/aromatic N) is 4. The maximum absolute atomic E-state index is 11.8. The minimum absolute atomic E-state index is 0.0883. The summed E-state index contributed by atoms with van der Waals surface area (Å²) in [6.07, 6.45) is 3.70. The Morgan fingerprint density at radius 3 is 3.00 bits per heavy atom. The van der Waals surface area contributed by atoms with E-state index in [9.17, 15) is 4.79 Å². The van der Waals surface area contributed by atoms with Crippen LogP contribution in [0.4, 0.5) is 5.82 Å². The average Bonchev–Trinajstić information content (AvgIpc) is 3.15. The number of thioether (sulfide) groups is 1. The highest BCUT2D eigenvalue weighted by atomic mass is 32.2. The van der Waals surface area contributed by atoms with Crippen molar-refractivity contribution < 1.29 is 4.79 Å². The second kappa shape index (κ2) is 7.00. The maximum atomic E-state index is 11.8. The van der Waals surface area contributed by atoms with Gasteiger partial charge in [0, 0.05) is 37.0 Å². The van der Waals surface area contributed by atoms with E-state index >= 15 is 0 Å². The second-order valence-corrected chi connectivity index (χ2v) is 7.58. The topological polar surface area (TPSA) is 71.0 Å². The Bertz CT molecular complexity index is 777. The van der Waals surface area contributed by atoms with Crippen LogP contribution in [0.2, 0.25) is 0 Å². The number of carbonyl (C=O) groups excluding carboxylic acids is 1. The molecule has 130 valence electrons. The fraction of sp³-hybridized carbons (Fsp3) is 0.444. The molecule has 0 aliphatic carbocycles. The summed E-state index contributed by atoms with van der Waals surface area (Å²) < 4.78 is 0. The monoisotopic (exact) mass is 355 g/mol. The Hall–Kier alpha value is -2.15. The van der Waals surface area contributed by atoms with Gasteiger partial charge >= 0.3 is 0 Å². The van der Waals surface area contributed by atoms with E-state index in [2.05, 4.69) is 10.3 Å². The highest BCUT2D eigenvalue weighted by Crippen LogP contribution is 2.29. The van der Waals surface area contributed by atoms with Gasteiger partial charge in [-0.15, -0.1) is 0 Å². The van der Waals surface area contributed by atoms with Crippen molar-refractivity contribution in [1.29, 1.82) is 0 Å². The summed E-state index contributed by atoms with van der Waals surface area (Å²) >= 11 is 1.97. The number of aromatic nitrogens is 3. The number of carbonyl (C=O) groups is 1. The highest BCUT2D eigenvalue weighted by Gasteiger charge is 2.26. The molecule has 1 amide bonds. The molecule has 0 saturated carbocycles. The Morgan fingerprint density at radius 2 is 2.28 bits per heavy atom. The van der Waals surface area contributed by atoms with Crippen molar-refractivity contribution in [2.24, 2.45) is 0 Å². The van der Waals surface area contributed by atoms with E-state index < -0.39 is 0 Å².